The Balaban J connectivity index is 2.80. The molecular weight excluding hydrogens is 231 g/mol. The summed E-state index contributed by atoms with van der Waals surface area (Å²) in [6.07, 6.45) is 0.0283. The van der Waals surface area contributed by atoms with E-state index >= 15 is 0 Å². The summed E-state index contributed by atoms with van der Waals surface area (Å²) in [4.78, 5) is 0. The lowest BCUT2D eigenvalue weighted by molar-refractivity contribution is 0.169. The lowest BCUT2D eigenvalue weighted by Gasteiger charge is -2.11. The molecule has 90 valence electrons. The van der Waals surface area contributed by atoms with Crippen LogP contribution < -0.4 is 0 Å². The normalized spacial score (nSPS) is 13.8. The first-order valence-electron chi connectivity index (χ1n) is 4.91. The SMILES string of the molecule is Cc1ccc(F)c(C(O)CCS(C)(=O)=O)c1. The molecule has 1 N–H and O–H groups in total. The van der Waals surface area contributed by atoms with Gasteiger partial charge in [-0.05, 0) is 19.4 Å². The molecule has 1 rings (SSSR count). The van der Waals surface area contributed by atoms with Crippen molar-refractivity contribution in [2.45, 2.75) is 19.4 Å². The van der Waals surface area contributed by atoms with Gasteiger partial charge in [-0.2, -0.15) is 0 Å². The lowest BCUT2D eigenvalue weighted by atomic mass is 10.0. The minimum absolute atomic E-state index is 0.0131. The Morgan fingerprint density at radius 3 is 2.62 bits per heavy atom. The fourth-order valence-corrected chi connectivity index (χ4v) is 2.05. The van der Waals surface area contributed by atoms with Crippen molar-refractivity contribution in [3.63, 3.8) is 0 Å². The highest BCUT2D eigenvalue weighted by molar-refractivity contribution is 7.90. The molecule has 0 radical (unpaired) electrons. The van der Waals surface area contributed by atoms with Crippen molar-refractivity contribution in [1.29, 1.82) is 0 Å². The van der Waals surface area contributed by atoms with Gasteiger partial charge in [0.2, 0.25) is 0 Å². The van der Waals surface area contributed by atoms with Crippen LogP contribution >= 0.6 is 0 Å². The van der Waals surface area contributed by atoms with Crippen molar-refractivity contribution >= 4 is 9.84 Å². The summed E-state index contributed by atoms with van der Waals surface area (Å²) in [5.41, 5.74) is 0.985. The van der Waals surface area contributed by atoms with Crippen LogP contribution in [0.25, 0.3) is 0 Å². The summed E-state index contributed by atoms with van der Waals surface area (Å²) in [6, 6.07) is 4.40. The third-order valence-electron chi connectivity index (χ3n) is 2.27. The Hall–Kier alpha value is -0.940. The highest BCUT2D eigenvalue weighted by Crippen LogP contribution is 2.21. The summed E-state index contributed by atoms with van der Waals surface area (Å²) in [7, 11) is -3.13. The van der Waals surface area contributed by atoms with Gasteiger partial charge in [0.1, 0.15) is 15.7 Å². The molecule has 0 spiro atoms. The average molecular weight is 246 g/mol. The largest absolute Gasteiger partial charge is 0.388 e. The van der Waals surface area contributed by atoms with Gasteiger partial charge in [0.15, 0.2) is 0 Å². The minimum Gasteiger partial charge on any atom is -0.388 e. The van der Waals surface area contributed by atoms with Gasteiger partial charge in [-0.15, -0.1) is 0 Å². The van der Waals surface area contributed by atoms with Crippen LogP contribution in [0.2, 0.25) is 0 Å². The highest BCUT2D eigenvalue weighted by Gasteiger charge is 2.15. The average Bonchev–Trinajstić information content (AvgIpc) is 2.17. The first-order valence-corrected chi connectivity index (χ1v) is 6.97. The molecule has 1 atom stereocenters. The van der Waals surface area contributed by atoms with Gasteiger partial charge in [-0.25, -0.2) is 12.8 Å². The Labute approximate surface area is 94.8 Å². The second kappa shape index (κ2) is 4.93. The molecule has 0 aromatic heterocycles. The van der Waals surface area contributed by atoms with Crippen molar-refractivity contribution in [2.24, 2.45) is 0 Å². The van der Waals surface area contributed by atoms with E-state index in [-0.39, 0.29) is 17.7 Å². The molecule has 0 fully saturated rings. The molecule has 1 unspecified atom stereocenters. The number of aliphatic hydroxyl groups is 1. The molecule has 1 aromatic carbocycles. The molecule has 0 heterocycles. The van der Waals surface area contributed by atoms with Crippen LogP contribution in [0, 0.1) is 12.7 Å². The predicted molar refractivity (Wildman–Crippen MR) is 60.4 cm³/mol. The van der Waals surface area contributed by atoms with E-state index in [1.807, 2.05) is 0 Å². The summed E-state index contributed by atoms with van der Waals surface area (Å²) in [5, 5.41) is 9.68. The Morgan fingerprint density at radius 2 is 2.06 bits per heavy atom. The first-order chi connectivity index (χ1) is 7.29. The van der Waals surface area contributed by atoms with E-state index in [4.69, 9.17) is 0 Å². The zero-order chi connectivity index (χ0) is 12.3. The van der Waals surface area contributed by atoms with E-state index in [2.05, 4.69) is 0 Å². The highest BCUT2D eigenvalue weighted by atomic mass is 32.2. The number of sulfone groups is 1. The van der Waals surface area contributed by atoms with Crippen molar-refractivity contribution in [3.8, 4) is 0 Å². The fourth-order valence-electron chi connectivity index (χ4n) is 1.40. The summed E-state index contributed by atoms with van der Waals surface area (Å²) in [5.74, 6) is -0.659. The van der Waals surface area contributed by atoms with E-state index in [0.29, 0.717) is 0 Å². The van der Waals surface area contributed by atoms with Gasteiger partial charge in [0.05, 0.1) is 11.9 Å². The van der Waals surface area contributed by atoms with Gasteiger partial charge >= 0.3 is 0 Å². The monoisotopic (exact) mass is 246 g/mol. The molecule has 0 aliphatic heterocycles. The number of hydrogen-bond acceptors (Lipinski definition) is 3. The second-order valence-electron chi connectivity index (χ2n) is 3.96. The zero-order valence-electron chi connectivity index (χ0n) is 9.27. The van der Waals surface area contributed by atoms with Crippen LogP contribution in [0.3, 0.4) is 0 Å². The van der Waals surface area contributed by atoms with Crippen LogP contribution in [0.15, 0.2) is 18.2 Å². The third kappa shape index (κ3) is 3.90. The van der Waals surface area contributed by atoms with Gasteiger partial charge in [-0.3, -0.25) is 0 Å². The van der Waals surface area contributed by atoms with Crippen LogP contribution in [0.1, 0.15) is 23.7 Å². The molecule has 0 bridgehead atoms. The molecule has 0 aliphatic rings. The number of aliphatic hydroxyl groups excluding tert-OH is 1. The summed E-state index contributed by atoms with van der Waals surface area (Å²) >= 11 is 0. The zero-order valence-corrected chi connectivity index (χ0v) is 10.1. The quantitative estimate of drug-likeness (QED) is 0.878. The van der Waals surface area contributed by atoms with E-state index in [0.717, 1.165) is 11.8 Å². The number of benzene rings is 1. The molecule has 0 saturated carbocycles. The fraction of sp³-hybridized carbons (Fsp3) is 0.455. The maximum absolute atomic E-state index is 13.3. The van der Waals surface area contributed by atoms with Crippen LogP contribution in [-0.2, 0) is 9.84 Å². The van der Waals surface area contributed by atoms with Gasteiger partial charge < -0.3 is 5.11 Å². The minimum atomic E-state index is -3.13. The standard InChI is InChI=1S/C11H15FO3S/c1-8-3-4-10(12)9(7-8)11(13)5-6-16(2,14)15/h3-4,7,11,13H,5-6H2,1-2H3. The van der Waals surface area contributed by atoms with Crippen LogP contribution in [-0.4, -0.2) is 25.5 Å². The van der Waals surface area contributed by atoms with Gasteiger partial charge in [-0.1, -0.05) is 17.7 Å². The number of aryl methyl sites for hydroxylation is 1. The Bertz CT molecular complexity index is 468. The van der Waals surface area contributed by atoms with Gasteiger partial charge in [0, 0.05) is 11.8 Å². The van der Waals surface area contributed by atoms with Crippen molar-refractivity contribution in [1.82, 2.24) is 0 Å². The predicted octanol–water partition coefficient (Wildman–Crippen LogP) is 1.60. The van der Waals surface area contributed by atoms with Gasteiger partial charge in [0.25, 0.3) is 0 Å². The first kappa shape index (κ1) is 13.1. The van der Waals surface area contributed by atoms with E-state index in [9.17, 15) is 17.9 Å². The maximum atomic E-state index is 13.3. The smallest absolute Gasteiger partial charge is 0.147 e. The molecule has 0 saturated heterocycles. The Kier molecular flexibility index (Phi) is 4.04. The molecular formula is C11H15FO3S. The van der Waals surface area contributed by atoms with Crippen LogP contribution in [0.5, 0.6) is 0 Å². The number of hydrogen-bond donors (Lipinski definition) is 1. The Morgan fingerprint density at radius 1 is 1.44 bits per heavy atom. The summed E-state index contributed by atoms with van der Waals surface area (Å²) in [6.45, 7) is 1.78. The van der Waals surface area contributed by atoms with E-state index in [1.165, 1.54) is 12.1 Å². The van der Waals surface area contributed by atoms with Crippen molar-refractivity contribution in [2.75, 3.05) is 12.0 Å². The number of halogens is 1. The van der Waals surface area contributed by atoms with E-state index in [1.54, 1.807) is 13.0 Å². The lowest BCUT2D eigenvalue weighted by Crippen LogP contribution is -2.09. The topological polar surface area (TPSA) is 54.4 Å². The third-order valence-corrected chi connectivity index (χ3v) is 3.25. The van der Waals surface area contributed by atoms with Crippen molar-refractivity contribution in [3.05, 3.63) is 35.1 Å². The summed E-state index contributed by atoms with van der Waals surface area (Å²) < 4.78 is 35.2. The molecule has 0 aliphatic carbocycles. The molecule has 16 heavy (non-hydrogen) atoms. The second-order valence-corrected chi connectivity index (χ2v) is 6.22. The van der Waals surface area contributed by atoms with Crippen LogP contribution in [0.4, 0.5) is 4.39 Å². The molecule has 1 aromatic rings. The molecule has 3 nitrogen and oxygen atoms in total. The molecule has 5 heteroatoms. The maximum Gasteiger partial charge on any atom is 0.147 e. The van der Waals surface area contributed by atoms with Crippen molar-refractivity contribution < 1.29 is 17.9 Å². The van der Waals surface area contributed by atoms with E-state index < -0.39 is 21.8 Å². The molecule has 0 amide bonds. The number of rotatable bonds is 4.